The third-order valence-electron chi connectivity index (χ3n) is 2.30. The van der Waals surface area contributed by atoms with Crippen LogP contribution in [0.3, 0.4) is 0 Å². The Balaban J connectivity index is 2.30. The molecule has 1 heterocycles. The molecule has 2 nitrogen and oxygen atoms in total. The summed E-state index contributed by atoms with van der Waals surface area (Å²) in [5.41, 5.74) is 6.61. The fraction of sp³-hybridized carbons (Fsp3) is 0.500. The highest BCUT2D eigenvalue weighted by Crippen LogP contribution is 2.38. The summed E-state index contributed by atoms with van der Waals surface area (Å²) in [7, 11) is 0. The van der Waals surface area contributed by atoms with Crippen LogP contribution < -0.4 is 5.73 Å². The van der Waals surface area contributed by atoms with Gasteiger partial charge in [-0.25, -0.2) is 0 Å². The van der Waals surface area contributed by atoms with Crippen LogP contribution in [0.4, 0.5) is 0 Å². The fourth-order valence-corrected chi connectivity index (χ4v) is 2.61. The van der Waals surface area contributed by atoms with Crippen molar-refractivity contribution in [3.8, 4) is 0 Å². The zero-order chi connectivity index (χ0) is 7.84. The predicted molar refractivity (Wildman–Crippen MR) is 45.5 cm³/mol. The van der Waals surface area contributed by atoms with Crippen LogP contribution in [0.5, 0.6) is 0 Å². The lowest BCUT2D eigenvalue weighted by Gasteiger charge is -2.10. The molecule has 1 aromatic heterocycles. The Bertz CT molecular complexity index is 258. The Morgan fingerprint density at radius 3 is 3.18 bits per heavy atom. The summed E-state index contributed by atoms with van der Waals surface area (Å²) in [5, 5.41) is 11.7. The molecule has 0 fully saturated rings. The molecule has 1 aliphatic carbocycles. The number of aliphatic hydroxyl groups is 1. The smallest absolute Gasteiger partial charge is 0.0844 e. The molecule has 0 spiro atoms. The van der Waals surface area contributed by atoms with Crippen molar-refractivity contribution in [1.29, 1.82) is 0 Å². The van der Waals surface area contributed by atoms with E-state index in [0.29, 0.717) is 6.54 Å². The number of nitrogens with two attached hydrogens (primary N) is 1. The van der Waals surface area contributed by atoms with Crippen LogP contribution in [0, 0.1) is 5.92 Å². The quantitative estimate of drug-likeness (QED) is 0.656. The molecule has 11 heavy (non-hydrogen) atoms. The van der Waals surface area contributed by atoms with Gasteiger partial charge in [0.2, 0.25) is 0 Å². The molecular weight excluding hydrogens is 158 g/mol. The van der Waals surface area contributed by atoms with Crippen molar-refractivity contribution in [3.63, 3.8) is 0 Å². The Morgan fingerprint density at radius 2 is 2.55 bits per heavy atom. The maximum absolute atomic E-state index is 9.66. The maximum Gasteiger partial charge on any atom is 0.0844 e. The second-order valence-corrected chi connectivity index (χ2v) is 3.94. The summed E-state index contributed by atoms with van der Waals surface area (Å²) in [6.07, 6.45) is 0.659. The molecule has 0 saturated heterocycles. The standard InChI is InChI=1S/C8H11NOS/c9-4-5-3-7-6(8(5)10)1-2-11-7/h1-2,5,8,10H,3-4,9H2. The zero-order valence-electron chi connectivity index (χ0n) is 6.16. The molecule has 2 unspecified atom stereocenters. The molecule has 60 valence electrons. The van der Waals surface area contributed by atoms with E-state index < -0.39 is 0 Å². The molecule has 2 rings (SSSR count). The summed E-state index contributed by atoms with van der Waals surface area (Å²) in [5.74, 6) is 0.262. The fourth-order valence-electron chi connectivity index (χ4n) is 1.60. The molecule has 0 aliphatic heterocycles. The highest BCUT2D eigenvalue weighted by Gasteiger charge is 2.30. The normalized spacial score (nSPS) is 28.9. The number of hydrogen-bond acceptors (Lipinski definition) is 3. The average molecular weight is 169 g/mol. The van der Waals surface area contributed by atoms with Crippen LogP contribution in [0.1, 0.15) is 16.5 Å². The lowest BCUT2D eigenvalue weighted by molar-refractivity contribution is 0.127. The van der Waals surface area contributed by atoms with Crippen LogP contribution in [-0.2, 0) is 6.42 Å². The van der Waals surface area contributed by atoms with Gasteiger partial charge < -0.3 is 10.8 Å². The van der Waals surface area contributed by atoms with E-state index in [4.69, 9.17) is 5.73 Å². The zero-order valence-corrected chi connectivity index (χ0v) is 6.97. The molecule has 2 atom stereocenters. The third kappa shape index (κ3) is 1.00. The Hall–Kier alpha value is -0.380. The first-order chi connectivity index (χ1) is 5.33. The topological polar surface area (TPSA) is 46.2 Å². The van der Waals surface area contributed by atoms with Crippen LogP contribution in [0.2, 0.25) is 0 Å². The second-order valence-electron chi connectivity index (χ2n) is 2.94. The van der Waals surface area contributed by atoms with Crippen LogP contribution in [-0.4, -0.2) is 11.7 Å². The lowest BCUT2D eigenvalue weighted by atomic mass is 10.0. The van der Waals surface area contributed by atoms with Crippen molar-refractivity contribution < 1.29 is 5.11 Å². The number of hydrogen-bond donors (Lipinski definition) is 2. The summed E-state index contributed by atoms with van der Waals surface area (Å²) < 4.78 is 0. The Morgan fingerprint density at radius 1 is 1.73 bits per heavy atom. The van der Waals surface area contributed by atoms with E-state index in [-0.39, 0.29) is 12.0 Å². The monoisotopic (exact) mass is 169 g/mol. The Kier molecular flexibility index (Phi) is 1.71. The summed E-state index contributed by atoms with van der Waals surface area (Å²) >= 11 is 1.72. The van der Waals surface area contributed by atoms with Crippen molar-refractivity contribution in [1.82, 2.24) is 0 Å². The predicted octanol–water partition coefficient (Wildman–Crippen LogP) is 0.912. The second kappa shape index (κ2) is 2.59. The van der Waals surface area contributed by atoms with Crippen LogP contribution in [0.25, 0.3) is 0 Å². The van der Waals surface area contributed by atoms with Gasteiger partial charge in [0, 0.05) is 10.8 Å². The van der Waals surface area contributed by atoms with Crippen LogP contribution >= 0.6 is 11.3 Å². The summed E-state index contributed by atoms with van der Waals surface area (Å²) in [6.45, 7) is 0.586. The number of fused-ring (bicyclic) bond motifs is 1. The lowest BCUT2D eigenvalue weighted by Crippen LogP contribution is -2.18. The van der Waals surface area contributed by atoms with Crippen molar-refractivity contribution in [2.45, 2.75) is 12.5 Å². The molecule has 3 N–H and O–H groups in total. The van der Waals surface area contributed by atoms with Gasteiger partial charge in [-0.1, -0.05) is 0 Å². The maximum atomic E-state index is 9.66. The van der Waals surface area contributed by atoms with E-state index in [1.807, 2.05) is 11.4 Å². The molecule has 3 heteroatoms. The first-order valence-corrected chi connectivity index (χ1v) is 4.65. The number of aliphatic hydroxyl groups excluding tert-OH is 1. The molecule has 0 amide bonds. The van der Waals surface area contributed by atoms with E-state index >= 15 is 0 Å². The minimum Gasteiger partial charge on any atom is -0.388 e. The van der Waals surface area contributed by atoms with E-state index in [2.05, 4.69) is 0 Å². The van der Waals surface area contributed by atoms with Gasteiger partial charge in [0.1, 0.15) is 0 Å². The van der Waals surface area contributed by atoms with Crippen molar-refractivity contribution >= 4 is 11.3 Å². The number of rotatable bonds is 1. The Labute approximate surface area is 69.7 Å². The van der Waals surface area contributed by atoms with Crippen molar-refractivity contribution in [3.05, 3.63) is 21.9 Å². The SMILES string of the molecule is NCC1Cc2sccc2C1O. The molecule has 0 radical (unpaired) electrons. The molecular formula is C8H11NOS. The largest absolute Gasteiger partial charge is 0.388 e. The minimum atomic E-state index is -0.304. The van der Waals surface area contributed by atoms with Gasteiger partial charge >= 0.3 is 0 Å². The summed E-state index contributed by atoms with van der Waals surface area (Å²) in [6, 6.07) is 2.00. The van der Waals surface area contributed by atoms with Gasteiger partial charge in [-0.3, -0.25) is 0 Å². The average Bonchev–Trinajstić information content (AvgIpc) is 2.53. The van der Waals surface area contributed by atoms with E-state index in [1.165, 1.54) is 4.88 Å². The minimum absolute atomic E-state index is 0.262. The van der Waals surface area contributed by atoms with Crippen LogP contribution in [0.15, 0.2) is 11.4 Å². The van der Waals surface area contributed by atoms with E-state index in [9.17, 15) is 5.11 Å². The first kappa shape index (κ1) is 7.28. The van der Waals surface area contributed by atoms with Gasteiger partial charge in [0.05, 0.1) is 6.10 Å². The van der Waals surface area contributed by atoms with Gasteiger partial charge in [-0.15, -0.1) is 11.3 Å². The van der Waals surface area contributed by atoms with Crippen molar-refractivity contribution in [2.24, 2.45) is 11.7 Å². The van der Waals surface area contributed by atoms with Crippen molar-refractivity contribution in [2.75, 3.05) is 6.54 Å². The molecule has 0 bridgehead atoms. The molecule has 0 saturated carbocycles. The third-order valence-corrected chi connectivity index (χ3v) is 3.25. The highest BCUT2D eigenvalue weighted by molar-refractivity contribution is 7.10. The molecule has 1 aliphatic rings. The molecule has 1 aromatic rings. The molecule has 0 aromatic carbocycles. The number of thiophene rings is 1. The first-order valence-electron chi connectivity index (χ1n) is 3.77. The van der Waals surface area contributed by atoms with Gasteiger partial charge in [0.15, 0.2) is 0 Å². The highest BCUT2D eigenvalue weighted by atomic mass is 32.1. The van der Waals surface area contributed by atoms with Gasteiger partial charge in [-0.2, -0.15) is 0 Å². The van der Waals surface area contributed by atoms with E-state index in [1.54, 1.807) is 11.3 Å². The van der Waals surface area contributed by atoms with Gasteiger partial charge in [0.25, 0.3) is 0 Å². The van der Waals surface area contributed by atoms with Gasteiger partial charge in [-0.05, 0) is 30.0 Å². The summed E-state index contributed by atoms with van der Waals surface area (Å²) in [4.78, 5) is 1.31. The van der Waals surface area contributed by atoms with E-state index in [0.717, 1.165) is 12.0 Å².